The Morgan fingerprint density at radius 3 is 2.34 bits per heavy atom. The maximum atomic E-state index is 14.8. The van der Waals surface area contributed by atoms with Gasteiger partial charge >= 0.3 is 12.2 Å². The zero-order valence-electron chi connectivity index (χ0n) is 32.9. The van der Waals surface area contributed by atoms with E-state index in [1.54, 1.807) is 26.2 Å². The predicted octanol–water partition coefficient (Wildman–Crippen LogP) is 5.64. The van der Waals surface area contributed by atoms with Crippen LogP contribution in [0.4, 0.5) is 24.1 Å². The molecule has 4 amide bonds. The first-order chi connectivity index (χ1) is 28.3. The lowest BCUT2D eigenvalue weighted by Crippen LogP contribution is -2.52. The molecule has 1 saturated heterocycles. The molecule has 2 aromatic carbocycles. The number of carbonyl (C=O) groups excluding carboxylic acids is 4. The average molecular weight is 808 g/mol. The molecule has 4 aromatic rings. The third-order valence-corrected chi connectivity index (χ3v) is 11.3. The highest BCUT2D eigenvalue weighted by Gasteiger charge is 2.50. The number of rotatable bonds is 9. The highest BCUT2D eigenvalue weighted by atomic mass is 19.3. The summed E-state index contributed by atoms with van der Waals surface area (Å²) >= 11 is 0. The number of nitrogens with zero attached hydrogens (tertiary/aromatic N) is 6. The van der Waals surface area contributed by atoms with Crippen LogP contribution in [0.1, 0.15) is 61.7 Å². The Kier molecular flexibility index (Phi) is 10.4. The molecular formula is C42H43F2N9O6. The van der Waals surface area contributed by atoms with E-state index in [4.69, 9.17) is 9.73 Å². The largest absolute Gasteiger partial charge is 0.453 e. The molecule has 0 aliphatic carbocycles. The van der Waals surface area contributed by atoms with E-state index in [1.807, 2.05) is 53.4 Å². The van der Waals surface area contributed by atoms with Gasteiger partial charge in [0.05, 0.1) is 56.1 Å². The lowest BCUT2D eigenvalue weighted by molar-refractivity contribution is -0.136. The quantitative estimate of drug-likeness (QED) is 0.193. The summed E-state index contributed by atoms with van der Waals surface area (Å²) in [7, 11) is 2.44. The molecule has 306 valence electrons. The lowest BCUT2D eigenvalue weighted by Gasteiger charge is -2.29. The van der Waals surface area contributed by atoms with E-state index in [0.717, 1.165) is 51.4 Å². The summed E-state index contributed by atoms with van der Waals surface area (Å²) in [6.07, 6.45) is 6.97. The fourth-order valence-corrected chi connectivity index (χ4v) is 8.30. The third kappa shape index (κ3) is 7.64. The van der Waals surface area contributed by atoms with Crippen molar-refractivity contribution in [3.05, 3.63) is 89.6 Å². The third-order valence-electron chi connectivity index (χ3n) is 11.3. The molecule has 4 atom stereocenters. The van der Waals surface area contributed by atoms with Crippen LogP contribution in [0.2, 0.25) is 0 Å². The molecular weight excluding hydrogens is 765 g/mol. The molecule has 6 heterocycles. The van der Waals surface area contributed by atoms with Crippen molar-refractivity contribution in [1.82, 2.24) is 35.5 Å². The van der Waals surface area contributed by atoms with Gasteiger partial charge in [-0.05, 0) is 35.4 Å². The number of benzene rings is 2. The van der Waals surface area contributed by atoms with Crippen molar-refractivity contribution in [2.45, 2.75) is 76.0 Å². The van der Waals surface area contributed by atoms with Crippen LogP contribution in [0.5, 0.6) is 0 Å². The van der Waals surface area contributed by atoms with Crippen molar-refractivity contribution >= 4 is 41.1 Å². The molecule has 3 N–H and O–H groups in total. The van der Waals surface area contributed by atoms with Gasteiger partial charge in [-0.2, -0.15) is 0 Å². The smallest absolute Gasteiger partial charge is 0.407 e. The number of amides is 4. The van der Waals surface area contributed by atoms with Gasteiger partial charge in [-0.25, -0.2) is 33.3 Å². The van der Waals surface area contributed by atoms with Gasteiger partial charge in [0.2, 0.25) is 11.8 Å². The van der Waals surface area contributed by atoms with Crippen LogP contribution < -0.4 is 15.5 Å². The van der Waals surface area contributed by atoms with Gasteiger partial charge in [-0.15, -0.1) is 0 Å². The second kappa shape index (κ2) is 15.7. The molecule has 1 unspecified atom stereocenters. The number of para-hydroxylation sites is 1. The van der Waals surface area contributed by atoms with Crippen LogP contribution in [0, 0.1) is 5.92 Å². The maximum absolute atomic E-state index is 14.8. The van der Waals surface area contributed by atoms with Crippen LogP contribution in [0.3, 0.4) is 0 Å². The van der Waals surface area contributed by atoms with E-state index < -0.39 is 55.1 Å². The molecule has 8 rings (SSSR count). The van der Waals surface area contributed by atoms with E-state index in [2.05, 4.69) is 35.3 Å². The molecule has 2 aromatic heterocycles. The second-order valence-electron chi connectivity index (χ2n) is 15.4. The highest BCUT2D eigenvalue weighted by Crippen LogP contribution is 2.43. The molecule has 15 nitrogen and oxygen atoms in total. The van der Waals surface area contributed by atoms with Crippen molar-refractivity contribution in [3.63, 3.8) is 0 Å². The van der Waals surface area contributed by atoms with E-state index >= 15 is 0 Å². The number of alkyl carbamates (subject to hydrolysis) is 2. The molecule has 4 aliphatic rings. The van der Waals surface area contributed by atoms with E-state index in [1.165, 1.54) is 13.3 Å². The number of aromatic amines is 1. The first kappa shape index (κ1) is 39.3. The summed E-state index contributed by atoms with van der Waals surface area (Å²) in [5.41, 5.74) is 7.43. The molecule has 1 fully saturated rings. The number of allylic oxidation sites excluding steroid dienone is 1. The normalized spacial score (nSPS) is 21.1. The second-order valence-corrected chi connectivity index (χ2v) is 15.4. The summed E-state index contributed by atoms with van der Waals surface area (Å²) in [4.78, 5) is 75.9. The van der Waals surface area contributed by atoms with Gasteiger partial charge in [-0.3, -0.25) is 14.6 Å². The van der Waals surface area contributed by atoms with Crippen molar-refractivity contribution in [2.75, 3.05) is 25.7 Å². The number of alkyl halides is 2. The summed E-state index contributed by atoms with van der Waals surface area (Å²) in [5.74, 6) is -3.73. The van der Waals surface area contributed by atoms with Gasteiger partial charge in [-0.1, -0.05) is 62.4 Å². The molecule has 0 bridgehead atoms. The number of hydrogen-bond donors (Lipinski definition) is 3. The topological polar surface area (TPSA) is 184 Å². The predicted molar refractivity (Wildman–Crippen MR) is 212 cm³/mol. The number of aliphatic imine (C=N–C) groups is 1. The lowest BCUT2D eigenvalue weighted by atomic mass is 9.99. The number of H-pyrrole nitrogens is 1. The molecule has 0 spiro atoms. The Morgan fingerprint density at radius 1 is 0.915 bits per heavy atom. The van der Waals surface area contributed by atoms with Crippen molar-refractivity contribution in [3.8, 4) is 22.6 Å². The SMILES string of the molecule is COC(=O)N[C@H]1CCc2cccc3c2N(C1=O)[C@H](C1=NC(c2ccc(-c4ncc(-c5cnc(C6CC(F)(F)CN6C(=O)[C@@H](NC(=O)OC)C(C)C)[nH]5)cn4)cc2)=CC1)C3. The van der Waals surface area contributed by atoms with E-state index in [-0.39, 0.29) is 23.7 Å². The zero-order valence-corrected chi connectivity index (χ0v) is 32.9. The first-order valence-electron chi connectivity index (χ1n) is 19.4. The van der Waals surface area contributed by atoms with Crippen LogP contribution >= 0.6 is 0 Å². The van der Waals surface area contributed by atoms with Gasteiger partial charge < -0.3 is 34.9 Å². The molecule has 59 heavy (non-hydrogen) atoms. The minimum atomic E-state index is -3.15. The summed E-state index contributed by atoms with van der Waals surface area (Å²) < 4.78 is 39.0. The molecule has 0 saturated carbocycles. The molecule has 0 radical (unpaired) electrons. The number of ether oxygens (including phenoxy) is 2. The molecule has 17 heteroatoms. The fourth-order valence-electron chi connectivity index (χ4n) is 8.30. The number of methoxy groups -OCH3 is 2. The number of aromatic nitrogens is 4. The average Bonchev–Trinajstić information content (AvgIpc) is 4.04. The van der Waals surface area contributed by atoms with Gasteiger partial charge in [0.25, 0.3) is 5.92 Å². The first-order valence-corrected chi connectivity index (χ1v) is 19.4. The van der Waals surface area contributed by atoms with Crippen LogP contribution in [-0.4, -0.2) is 99.4 Å². The fraction of sp³-hybridized carbons (Fsp3) is 0.381. The maximum Gasteiger partial charge on any atom is 0.407 e. The van der Waals surface area contributed by atoms with Crippen LogP contribution in [0.25, 0.3) is 28.3 Å². The van der Waals surface area contributed by atoms with Gasteiger partial charge in [0, 0.05) is 48.5 Å². The number of halogens is 2. The zero-order chi connectivity index (χ0) is 41.6. The van der Waals surface area contributed by atoms with E-state index in [0.29, 0.717) is 42.8 Å². The summed E-state index contributed by atoms with van der Waals surface area (Å²) in [6, 6.07) is 10.7. The van der Waals surface area contributed by atoms with Gasteiger partial charge in [0.1, 0.15) is 17.9 Å². The van der Waals surface area contributed by atoms with Crippen molar-refractivity contribution in [2.24, 2.45) is 10.9 Å². The Labute approximate surface area is 338 Å². The minimum absolute atomic E-state index is 0.174. The Balaban J connectivity index is 0.954. The Bertz CT molecular complexity index is 2360. The Hall–Kier alpha value is -6.52. The van der Waals surface area contributed by atoms with E-state index in [9.17, 15) is 28.0 Å². The van der Waals surface area contributed by atoms with Crippen molar-refractivity contribution < 1.29 is 37.4 Å². The number of carbonyl (C=O) groups is 4. The highest BCUT2D eigenvalue weighted by molar-refractivity contribution is 6.11. The molecule has 4 aliphatic heterocycles. The van der Waals surface area contributed by atoms with Crippen LogP contribution in [0.15, 0.2) is 72.1 Å². The van der Waals surface area contributed by atoms with Crippen LogP contribution in [-0.2, 0) is 31.9 Å². The number of anilines is 1. The van der Waals surface area contributed by atoms with Crippen molar-refractivity contribution in [1.29, 1.82) is 0 Å². The minimum Gasteiger partial charge on any atom is -0.453 e. The summed E-state index contributed by atoms with van der Waals surface area (Å²) in [6.45, 7) is 2.60. The number of nitrogens with one attached hydrogen (secondary N) is 3. The number of imidazole rings is 1. The number of aryl methyl sites for hydroxylation is 1. The monoisotopic (exact) mass is 807 g/mol. The number of likely N-dealkylation sites (tertiary alicyclic amines) is 1. The summed E-state index contributed by atoms with van der Waals surface area (Å²) in [5, 5.41) is 5.18. The standard InChI is InChI=1S/C42H43F2N9O6/c1-22(2)34(51-41(57)59-4)39(55)52-21-42(43,44)17-33(52)37-47-20-31(49-37)27-18-45-36(46-19-27)25-10-8-23(9-11-25)28-14-15-29(48-28)32-16-26-7-5-6-24-12-13-30(50-40(56)58-3)38(54)53(32)35(24)26/h5-11,14,18-20,22,30,32-34H,12-13,15-17,21H2,1-4H3,(H,47,49)(H,50,56)(H,51,57)/t30-,32-,33?,34-/m0/s1. The van der Waals surface area contributed by atoms with Gasteiger partial charge in [0.15, 0.2) is 5.82 Å². The number of hydrogen-bond acceptors (Lipinski definition) is 10. The Morgan fingerprint density at radius 2 is 1.63 bits per heavy atom.